The normalized spacial score (nSPS) is 30.8. The van der Waals surface area contributed by atoms with Crippen LogP contribution in [0.2, 0.25) is 10.0 Å². The van der Waals surface area contributed by atoms with E-state index < -0.39 is 43.2 Å². The molecule has 5 unspecified atom stereocenters. The summed E-state index contributed by atoms with van der Waals surface area (Å²) in [6.45, 7) is 0.725. The van der Waals surface area contributed by atoms with Crippen LogP contribution in [-0.2, 0) is 9.53 Å². The zero-order valence-electron chi connectivity index (χ0n) is 12.1. The van der Waals surface area contributed by atoms with Gasteiger partial charge in [0.15, 0.2) is 0 Å². The molecule has 0 spiro atoms. The van der Waals surface area contributed by atoms with Crippen molar-refractivity contribution in [1.82, 2.24) is 5.32 Å². The number of carbonyl (C=O) groups excluding carboxylic acids is 1. The summed E-state index contributed by atoms with van der Waals surface area (Å²) in [7, 11) is 0. The van der Waals surface area contributed by atoms with Crippen molar-refractivity contribution in [3.8, 4) is 5.75 Å². The molecule has 7 nitrogen and oxygen atoms in total. The Bertz CT molecular complexity index is 572. The van der Waals surface area contributed by atoms with Crippen LogP contribution in [0.15, 0.2) is 18.2 Å². The van der Waals surface area contributed by atoms with Crippen LogP contribution in [0.4, 0.5) is 0 Å². The molecule has 128 valence electrons. The van der Waals surface area contributed by atoms with Crippen molar-refractivity contribution >= 4 is 29.1 Å². The van der Waals surface area contributed by atoms with E-state index in [2.05, 4.69) is 5.32 Å². The molecule has 1 aliphatic heterocycles. The lowest BCUT2D eigenvalue weighted by molar-refractivity contribution is -0.244. The van der Waals surface area contributed by atoms with Gasteiger partial charge in [-0.25, -0.2) is 0 Å². The summed E-state index contributed by atoms with van der Waals surface area (Å²) in [5, 5.41) is 32.4. The lowest BCUT2D eigenvalue weighted by Crippen LogP contribution is -2.65. The number of nitrogens with one attached hydrogen (secondary N) is 1. The second-order valence-electron chi connectivity index (χ2n) is 5.13. The molecule has 0 aliphatic carbocycles. The minimum atomic E-state index is -1.39. The van der Waals surface area contributed by atoms with Crippen LogP contribution in [0.1, 0.15) is 6.92 Å². The predicted octanol–water partition coefficient (Wildman–Crippen LogP) is 0.316. The van der Waals surface area contributed by atoms with E-state index >= 15 is 0 Å². The smallest absolute Gasteiger partial charge is 0.223 e. The van der Waals surface area contributed by atoms with Crippen molar-refractivity contribution in [2.24, 2.45) is 0 Å². The average Bonchev–Trinajstić information content (AvgIpc) is 2.48. The molecule has 1 amide bonds. The van der Waals surface area contributed by atoms with Gasteiger partial charge in [0.1, 0.15) is 30.1 Å². The molecule has 1 heterocycles. The first kappa shape index (κ1) is 18.3. The van der Waals surface area contributed by atoms with E-state index in [1.807, 2.05) is 0 Å². The predicted molar refractivity (Wildman–Crippen MR) is 82.5 cm³/mol. The van der Waals surface area contributed by atoms with Gasteiger partial charge in [-0.05, 0) is 18.2 Å². The second-order valence-corrected chi connectivity index (χ2v) is 5.97. The Morgan fingerprint density at radius 3 is 2.61 bits per heavy atom. The Balaban J connectivity index is 2.25. The number of amides is 1. The zero-order chi connectivity index (χ0) is 17.1. The maximum absolute atomic E-state index is 11.3. The molecule has 4 N–H and O–H groups in total. The quantitative estimate of drug-likeness (QED) is 0.611. The van der Waals surface area contributed by atoms with Gasteiger partial charge in [-0.1, -0.05) is 23.2 Å². The van der Waals surface area contributed by atoms with Crippen LogP contribution < -0.4 is 10.1 Å². The summed E-state index contributed by atoms with van der Waals surface area (Å²) in [4.78, 5) is 11.3. The maximum atomic E-state index is 11.3. The van der Waals surface area contributed by atoms with Gasteiger partial charge in [-0.3, -0.25) is 4.79 Å². The monoisotopic (exact) mass is 365 g/mol. The number of rotatable bonds is 4. The largest absolute Gasteiger partial charge is 0.461 e. The molecule has 5 atom stereocenters. The Morgan fingerprint density at radius 2 is 2.04 bits per heavy atom. The molecule has 0 aromatic heterocycles. The van der Waals surface area contributed by atoms with Crippen molar-refractivity contribution in [2.45, 2.75) is 37.6 Å². The highest BCUT2D eigenvalue weighted by Crippen LogP contribution is 2.31. The number of hydrogen-bond donors (Lipinski definition) is 4. The van der Waals surface area contributed by atoms with Crippen LogP contribution >= 0.6 is 23.2 Å². The molecular formula is C14H17Cl2NO6. The van der Waals surface area contributed by atoms with Crippen LogP contribution in [-0.4, -0.2) is 58.5 Å². The molecule has 23 heavy (non-hydrogen) atoms. The minimum absolute atomic E-state index is 0.212. The van der Waals surface area contributed by atoms with Crippen LogP contribution in [0.3, 0.4) is 0 Å². The summed E-state index contributed by atoms with van der Waals surface area (Å²) in [6, 6.07) is 3.47. The van der Waals surface area contributed by atoms with Gasteiger partial charge in [-0.2, -0.15) is 0 Å². The van der Waals surface area contributed by atoms with Gasteiger partial charge in [0.25, 0.3) is 0 Å². The Hall–Kier alpha value is -1.09. The van der Waals surface area contributed by atoms with E-state index in [4.69, 9.17) is 32.7 Å². The third-order valence-electron chi connectivity index (χ3n) is 3.39. The first-order valence-corrected chi connectivity index (χ1v) is 7.60. The number of ether oxygens (including phenoxy) is 2. The highest BCUT2D eigenvalue weighted by Gasteiger charge is 2.46. The summed E-state index contributed by atoms with van der Waals surface area (Å²) >= 11 is 11.8. The number of halogens is 2. The fourth-order valence-corrected chi connectivity index (χ4v) is 2.72. The van der Waals surface area contributed by atoms with Crippen LogP contribution in [0.25, 0.3) is 0 Å². The van der Waals surface area contributed by atoms with E-state index in [-0.39, 0.29) is 10.8 Å². The van der Waals surface area contributed by atoms with E-state index in [9.17, 15) is 20.1 Å². The van der Waals surface area contributed by atoms with Gasteiger partial charge < -0.3 is 30.1 Å². The van der Waals surface area contributed by atoms with Crippen molar-refractivity contribution in [3.63, 3.8) is 0 Å². The third kappa shape index (κ3) is 4.26. The van der Waals surface area contributed by atoms with E-state index in [0.717, 1.165) is 0 Å². The lowest BCUT2D eigenvalue weighted by atomic mass is 9.97. The highest BCUT2D eigenvalue weighted by atomic mass is 35.5. The number of carbonyl (C=O) groups is 1. The van der Waals surface area contributed by atoms with E-state index in [1.165, 1.54) is 19.1 Å². The minimum Gasteiger partial charge on any atom is -0.461 e. The highest BCUT2D eigenvalue weighted by molar-refractivity contribution is 6.35. The molecule has 1 aromatic carbocycles. The van der Waals surface area contributed by atoms with Crippen molar-refractivity contribution in [1.29, 1.82) is 0 Å². The van der Waals surface area contributed by atoms with Crippen molar-refractivity contribution in [2.75, 3.05) is 6.61 Å². The molecule has 1 aromatic rings. The molecule has 0 bridgehead atoms. The van der Waals surface area contributed by atoms with Crippen LogP contribution in [0, 0.1) is 0 Å². The Kier molecular flexibility index (Phi) is 6.07. The number of benzene rings is 1. The van der Waals surface area contributed by atoms with E-state index in [1.54, 1.807) is 6.07 Å². The topological polar surface area (TPSA) is 108 Å². The maximum Gasteiger partial charge on any atom is 0.223 e. The molecule has 0 saturated carbocycles. The van der Waals surface area contributed by atoms with E-state index in [0.29, 0.717) is 5.02 Å². The summed E-state index contributed by atoms with van der Waals surface area (Å²) in [5.41, 5.74) is 0. The molecule has 1 saturated heterocycles. The van der Waals surface area contributed by atoms with Crippen molar-refractivity contribution in [3.05, 3.63) is 28.2 Å². The molecule has 0 radical (unpaired) electrons. The summed E-state index contributed by atoms with van der Waals surface area (Å²) in [5.74, 6) is -0.222. The zero-order valence-corrected chi connectivity index (χ0v) is 13.7. The number of aliphatic hydroxyl groups is 3. The van der Waals surface area contributed by atoms with Gasteiger partial charge >= 0.3 is 0 Å². The molecule has 2 rings (SSSR count). The number of hydrogen-bond acceptors (Lipinski definition) is 6. The number of aliphatic hydroxyl groups excluding tert-OH is 3. The Morgan fingerprint density at radius 1 is 1.35 bits per heavy atom. The standard InChI is InChI=1S/C14H17Cl2NO6/c1-6(19)17-11-13(21)12(20)10(5-18)23-14(11)22-9-3-2-7(15)4-8(9)16/h2-4,10-14,18,20-21H,5H2,1H3,(H,17,19). The Labute approximate surface area is 142 Å². The first-order valence-electron chi connectivity index (χ1n) is 6.84. The molecule has 1 aliphatic rings. The van der Waals surface area contributed by atoms with Gasteiger partial charge in [0.2, 0.25) is 12.2 Å². The lowest BCUT2D eigenvalue weighted by Gasteiger charge is -2.42. The average molecular weight is 366 g/mol. The van der Waals surface area contributed by atoms with Gasteiger partial charge in [0.05, 0.1) is 11.6 Å². The molecular weight excluding hydrogens is 349 g/mol. The van der Waals surface area contributed by atoms with Gasteiger partial charge in [-0.15, -0.1) is 0 Å². The fraction of sp³-hybridized carbons (Fsp3) is 0.500. The summed E-state index contributed by atoms with van der Waals surface area (Å²) in [6.07, 6.45) is -4.99. The molecule has 1 fully saturated rings. The second kappa shape index (κ2) is 7.65. The fourth-order valence-electron chi connectivity index (χ4n) is 2.27. The van der Waals surface area contributed by atoms with Crippen LogP contribution in [0.5, 0.6) is 5.75 Å². The van der Waals surface area contributed by atoms with Crippen molar-refractivity contribution < 1.29 is 29.6 Å². The first-order chi connectivity index (χ1) is 10.8. The molecule has 9 heteroatoms. The third-order valence-corrected chi connectivity index (χ3v) is 3.92. The summed E-state index contributed by atoms with van der Waals surface area (Å²) < 4.78 is 11.0. The SMILES string of the molecule is CC(=O)NC1C(Oc2ccc(Cl)cc2Cl)OC(CO)C(O)C1O. The van der Waals surface area contributed by atoms with Gasteiger partial charge in [0, 0.05) is 11.9 Å².